The van der Waals surface area contributed by atoms with Crippen molar-refractivity contribution in [2.75, 3.05) is 13.2 Å². The maximum atomic E-state index is 12.3. The Morgan fingerprint density at radius 2 is 1.81 bits per heavy atom. The Labute approximate surface area is 93.5 Å². The molecule has 1 heterocycles. The molecule has 0 aromatic heterocycles. The molecule has 0 amide bonds. The Kier molecular flexibility index (Phi) is 0.933. The van der Waals surface area contributed by atoms with Gasteiger partial charge in [-0.1, -0.05) is 0 Å². The minimum atomic E-state index is -0.291. The van der Waals surface area contributed by atoms with E-state index in [4.69, 9.17) is 9.47 Å². The quantitative estimate of drug-likeness (QED) is 0.600. The third kappa shape index (κ3) is 0.458. The highest BCUT2D eigenvalue weighted by atomic mass is 16.7. The van der Waals surface area contributed by atoms with E-state index < -0.39 is 0 Å². The molecule has 6 aliphatic rings. The molecule has 84 valence electrons. The van der Waals surface area contributed by atoms with Crippen molar-refractivity contribution < 1.29 is 14.3 Å². The standard InChI is InChI=1S/C13H14O3/c14-12-8-4-3-5-7-6(4)9(12)11(7)13(10(5)8)15-1-2-16-13/h4-11H,1-3H2/t4-,5+,6-,7+,8+,9-,10-,11+/m0/s1. The van der Waals surface area contributed by atoms with Crippen molar-refractivity contribution in [1.29, 1.82) is 0 Å². The molecular formula is C13H14O3. The molecule has 6 rings (SSSR count). The van der Waals surface area contributed by atoms with Gasteiger partial charge >= 0.3 is 0 Å². The third-order valence-electron chi connectivity index (χ3n) is 6.83. The highest BCUT2D eigenvalue weighted by molar-refractivity contribution is 5.91. The number of Topliss-reactive ketones (excluding diaryl/α,β-unsaturated/α-hetero) is 1. The molecule has 5 saturated carbocycles. The van der Waals surface area contributed by atoms with Crippen LogP contribution in [-0.2, 0) is 14.3 Å². The summed E-state index contributed by atoms with van der Waals surface area (Å²) in [5.41, 5.74) is 0. The summed E-state index contributed by atoms with van der Waals surface area (Å²) in [6, 6.07) is 0. The Hall–Kier alpha value is -0.410. The summed E-state index contributed by atoms with van der Waals surface area (Å²) >= 11 is 0. The van der Waals surface area contributed by atoms with Crippen molar-refractivity contribution in [2.45, 2.75) is 12.2 Å². The smallest absolute Gasteiger partial charge is 0.176 e. The minimum Gasteiger partial charge on any atom is -0.347 e. The van der Waals surface area contributed by atoms with E-state index in [1.165, 1.54) is 6.42 Å². The van der Waals surface area contributed by atoms with Gasteiger partial charge in [0.25, 0.3) is 0 Å². The lowest BCUT2D eigenvalue weighted by Crippen LogP contribution is -2.58. The monoisotopic (exact) mass is 218 g/mol. The van der Waals surface area contributed by atoms with Gasteiger partial charge in [0.15, 0.2) is 5.79 Å². The van der Waals surface area contributed by atoms with Crippen molar-refractivity contribution in [3.63, 3.8) is 0 Å². The summed E-state index contributed by atoms with van der Waals surface area (Å²) in [4.78, 5) is 12.3. The molecule has 1 saturated heterocycles. The molecule has 0 aromatic rings. The van der Waals surface area contributed by atoms with E-state index in [0.717, 1.165) is 36.9 Å². The largest absolute Gasteiger partial charge is 0.347 e. The predicted octanol–water partition coefficient (Wildman–Crippen LogP) is 0.686. The molecule has 6 fully saturated rings. The van der Waals surface area contributed by atoms with Crippen molar-refractivity contribution in [3.8, 4) is 0 Å². The van der Waals surface area contributed by atoms with Crippen LogP contribution in [0.4, 0.5) is 0 Å². The summed E-state index contributed by atoms with van der Waals surface area (Å²) in [7, 11) is 0. The van der Waals surface area contributed by atoms with Crippen molar-refractivity contribution >= 4 is 5.78 Å². The van der Waals surface area contributed by atoms with Crippen LogP contribution >= 0.6 is 0 Å². The van der Waals surface area contributed by atoms with Gasteiger partial charge in [-0.25, -0.2) is 0 Å². The number of hydrogen-bond acceptors (Lipinski definition) is 3. The SMILES string of the molecule is O=C1[C@@H]2[C@H]3C[C@@H]4[C@@H]5[C@H]3[C@H]1[C@@H]5C1(OCCO1)[C@@H]42. The predicted molar refractivity (Wildman–Crippen MR) is 52.2 cm³/mol. The van der Waals surface area contributed by atoms with Gasteiger partial charge in [-0.2, -0.15) is 0 Å². The molecular weight excluding hydrogens is 204 g/mol. The van der Waals surface area contributed by atoms with Gasteiger partial charge in [0.2, 0.25) is 0 Å². The maximum absolute atomic E-state index is 12.3. The lowest BCUT2D eigenvalue weighted by Gasteiger charge is -2.49. The second-order valence-electron chi connectivity index (χ2n) is 6.64. The molecule has 8 atom stereocenters. The summed E-state index contributed by atoms with van der Waals surface area (Å²) in [5.74, 6) is 4.88. The van der Waals surface area contributed by atoms with Crippen LogP contribution in [0, 0.1) is 47.3 Å². The Morgan fingerprint density at radius 1 is 1.00 bits per heavy atom. The number of ether oxygens (including phenoxy) is 2. The molecule has 2 bridgehead atoms. The Morgan fingerprint density at radius 3 is 2.62 bits per heavy atom. The van der Waals surface area contributed by atoms with Gasteiger partial charge in [-0.15, -0.1) is 0 Å². The molecule has 0 aromatic carbocycles. The number of carbonyl (C=O) groups excluding carboxylic acids is 1. The number of carbonyl (C=O) groups is 1. The Balaban J connectivity index is 1.66. The van der Waals surface area contributed by atoms with E-state index in [1.54, 1.807) is 0 Å². The second-order valence-corrected chi connectivity index (χ2v) is 6.64. The molecule has 0 N–H and O–H groups in total. The lowest BCUT2D eigenvalue weighted by molar-refractivity contribution is -0.252. The summed E-state index contributed by atoms with van der Waals surface area (Å²) in [6.07, 6.45) is 1.30. The number of rotatable bonds is 0. The summed E-state index contributed by atoms with van der Waals surface area (Å²) in [6.45, 7) is 1.49. The van der Waals surface area contributed by atoms with Gasteiger partial charge in [-0.3, -0.25) is 4.79 Å². The zero-order chi connectivity index (χ0) is 10.2. The van der Waals surface area contributed by atoms with Crippen LogP contribution < -0.4 is 0 Å². The minimum absolute atomic E-state index is 0.291. The van der Waals surface area contributed by atoms with Crippen molar-refractivity contribution in [2.24, 2.45) is 47.3 Å². The van der Waals surface area contributed by atoms with Crippen LogP contribution in [0.2, 0.25) is 0 Å². The fourth-order valence-electron chi connectivity index (χ4n) is 6.94. The number of fused-ring (bicyclic) bond motifs is 4. The van der Waals surface area contributed by atoms with E-state index in [-0.39, 0.29) is 5.79 Å². The first-order valence-corrected chi connectivity index (χ1v) is 6.66. The van der Waals surface area contributed by atoms with Crippen molar-refractivity contribution in [3.05, 3.63) is 0 Å². The highest BCUT2D eigenvalue weighted by Crippen LogP contribution is 2.85. The molecule has 0 unspecified atom stereocenters. The van der Waals surface area contributed by atoms with E-state index in [2.05, 4.69) is 0 Å². The second kappa shape index (κ2) is 1.91. The zero-order valence-electron chi connectivity index (χ0n) is 8.96. The normalized spacial score (nSPS) is 69.9. The van der Waals surface area contributed by atoms with Gasteiger partial charge in [0.1, 0.15) is 5.78 Å². The van der Waals surface area contributed by atoms with Crippen LogP contribution in [0.25, 0.3) is 0 Å². The van der Waals surface area contributed by atoms with Crippen molar-refractivity contribution in [1.82, 2.24) is 0 Å². The van der Waals surface area contributed by atoms with E-state index in [0.29, 0.717) is 29.5 Å². The summed E-state index contributed by atoms with van der Waals surface area (Å²) in [5, 5.41) is 0. The average molecular weight is 218 g/mol. The molecule has 0 radical (unpaired) electrons. The van der Waals surface area contributed by atoms with Gasteiger partial charge < -0.3 is 9.47 Å². The molecule has 5 aliphatic carbocycles. The Bertz CT molecular complexity index is 438. The topological polar surface area (TPSA) is 35.5 Å². The van der Waals surface area contributed by atoms with E-state index in [9.17, 15) is 4.79 Å². The van der Waals surface area contributed by atoms with Crippen LogP contribution in [0.3, 0.4) is 0 Å². The van der Waals surface area contributed by atoms with Gasteiger partial charge in [0.05, 0.1) is 13.2 Å². The molecule has 3 heteroatoms. The third-order valence-corrected chi connectivity index (χ3v) is 6.83. The van der Waals surface area contributed by atoms with E-state index in [1.807, 2.05) is 0 Å². The number of hydrogen-bond donors (Lipinski definition) is 0. The fourth-order valence-corrected chi connectivity index (χ4v) is 6.94. The first-order valence-electron chi connectivity index (χ1n) is 6.66. The lowest BCUT2D eigenvalue weighted by atomic mass is 9.58. The van der Waals surface area contributed by atoms with Gasteiger partial charge in [-0.05, 0) is 30.1 Å². The average Bonchev–Trinajstić information content (AvgIpc) is 2.87. The molecule has 1 aliphatic heterocycles. The molecule has 3 nitrogen and oxygen atoms in total. The highest BCUT2D eigenvalue weighted by Gasteiger charge is 2.89. The zero-order valence-corrected chi connectivity index (χ0v) is 8.96. The first kappa shape index (κ1) is 7.83. The number of ketones is 1. The van der Waals surface area contributed by atoms with Crippen LogP contribution in [0.15, 0.2) is 0 Å². The van der Waals surface area contributed by atoms with Crippen LogP contribution in [-0.4, -0.2) is 24.8 Å². The maximum Gasteiger partial charge on any atom is 0.176 e. The first-order chi connectivity index (χ1) is 7.84. The fraction of sp³-hybridized carbons (Fsp3) is 0.923. The molecule has 1 spiro atoms. The van der Waals surface area contributed by atoms with Crippen LogP contribution in [0.1, 0.15) is 6.42 Å². The summed E-state index contributed by atoms with van der Waals surface area (Å²) < 4.78 is 12.1. The van der Waals surface area contributed by atoms with Gasteiger partial charge in [0, 0.05) is 23.7 Å². The van der Waals surface area contributed by atoms with Crippen LogP contribution in [0.5, 0.6) is 0 Å². The molecule has 16 heavy (non-hydrogen) atoms. The van der Waals surface area contributed by atoms with E-state index >= 15 is 0 Å².